The second-order valence-electron chi connectivity index (χ2n) is 9.86. The molecule has 0 saturated carbocycles. The van der Waals surface area contributed by atoms with Gasteiger partial charge in [-0.2, -0.15) is 0 Å². The van der Waals surface area contributed by atoms with Gasteiger partial charge in [0.2, 0.25) is 0 Å². The van der Waals surface area contributed by atoms with E-state index in [4.69, 9.17) is 0 Å². The minimum absolute atomic E-state index is 0.1000. The maximum absolute atomic E-state index is 13.5. The maximum atomic E-state index is 13.5. The van der Waals surface area contributed by atoms with Crippen LogP contribution in [0.5, 0.6) is 0 Å². The Labute approximate surface area is 180 Å². The molecule has 3 unspecified atom stereocenters. The highest BCUT2D eigenvalue weighted by atomic mass is 16.2. The molecular weight excluding hydrogens is 378 g/mol. The Morgan fingerprint density at radius 3 is 1.87 bits per heavy atom. The lowest BCUT2D eigenvalue weighted by Crippen LogP contribution is -2.60. The maximum Gasteiger partial charge on any atom is 0.337 e. The molecule has 0 N–H and O–H groups in total. The fourth-order valence-corrected chi connectivity index (χ4v) is 3.81. The van der Waals surface area contributed by atoms with E-state index in [0.29, 0.717) is 12.8 Å². The molecule has 30 heavy (non-hydrogen) atoms. The van der Waals surface area contributed by atoms with Crippen LogP contribution in [0.2, 0.25) is 0 Å². The molecule has 1 heterocycles. The number of aromatic nitrogens is 3. The standard InChI is InChI=1S/C24H39N3O3/c1-11-17(4)14-19(6)26-20(28)25(16-23(7,8)13-3)21(29)27(22(26)30)24(9,10)15-18(5)12-2/h11-13,17-19H,1-3,14-16H2,4-10H3. The van der Waals surface area contributed by atoms with Crippen molar-refractivity contribution >= 4 is 0 Å². The van der Waals surface area contributed by atoms with E-state index in [1.54, 1.807) is 18.2 Å². The summed E-state index contributed by atoms with van der Waals surface area (Å²) in [7, 11) is 0. The number of nitrogens with zero attached hydrogens (tertiary/aromatic N) is 3. The van der Waals surface area contributed by atoms with Crippen molar-refractivity contribution in [1.29, 1.82) is 0 Å². The Balaban J connectivity index is 3.91. The number of rotatable bonds is 11. The van der Waals surface area contributed by atoms with Crippen molar-refractivity contribution in [2.24, 2.45) is 17.3 Å². The predicted molar refractivity (Wildman–Crippen MR) is 125 cm³/mol. The van der Waals surface area contributed by atoms with Crippen LogP contribution in [-0.2, 0) is 12.1 Å². The first-order chi connectivity index (χ1) is 13.7. The summed E-state index contributed by atoms with van der Waals surface area (Å²) in [6.07, 6.45) is 6.44. The number of hydrogen-bond donors (Lipinski definition) is 0. The third-order valence-electron chi connectivity index (χ3n) is 5.76. The Hall–Kier alpha value is -2.37. The first-order valence-corrected chi connectivity index (χ1v) is 10.6. The zero-order chi connectivity index (χ0) is 23.4. The average Bonchev–Trinajstić information content (AvgIpc) is 2.64. The van der Waals surface area contributed by atoms with E-state index in [1.165, 1.54) is 13.7 Å². The van der Waals surface area contributed by atoms with Crippen LogP contribution in [0.15, 0.2) is 52.3 Å². The van der Waals surface area contributed by atoms with E-state index in [-0.39, 0.29) is 24.4 Å². The van der Waals surface area contributed by atoms with Gasteiger partial charge in [0.05, 0.1) is 0 Å². The quantitative estimate of drug-likeness (QED) is 0.509. The first kappa shape index (κ1) is 25.7. The molecule has 0 fully saturated rings. The van der Waals surface area contributed by atoms with Crippen molar-refractivity contribution in [2.45, 2.75) is 79.4 Å². The van der Waals surface area contributed by atoms with Crippen LogP contribution >= 0.6 is 0 Å². The second-order valence-corrected chi connectivity index (χ2v) is 9.86. The minimum Gasteiger partial charge on any atom is -0.247 e. The molecule has 1 aromatic heterocycles. The fraction of sp³-hybridized carbons (Fsp3) is 0.625. The molecule has 0 radical (unpaired) electrons. The zero-order valence-electron chi connectivity index (χ0n) is 19.8. The van der Waals surface area contributed by atoms with Crippen LogP contribution in [0, 0.1) is 17.3 Å². The molecule has 168 valence electrons. The largest absolute Gasteiger partial charge is 0.337 e. The third kappa shape index (κ3) is 5.61. The smallest absolute Gasteiger partial charge is 0.247 e. The van der Waals surface area contributed by atoms with E-state index in [0.717, 1.165) is 0 Å². The lowest BCUT2D eigenvalue weighted by atomic mass is 9.91. The lowest BCUT2D eigenvalue weighted by Gasteiger charge is -2.31. The summed E-state index contributed by atoms with van der Waals surface area (Å²) in [6, 6.07) is -0.379. The van der Waals surface area contributed by atoms with Gasteiger partial charge in [0.1, 0.15) is 0 Å². The Morgan fingerprint density at radius 1 is 0.867 bits per heavy atom. The van der Waals surface area contributed by atoms with Crippen molar-refractivity contribution in [3.8, 4) is 0 Å². The van der Waals surface area contributed by atoms with Crippen molar-refractivity contribution < 1.29 is 0 Å². The molecule has 1 rings (SSSR count). The van der Waals surface area contributed by atoms with Gasteiger partial charge in [-0.05, 0) is 45.4 Å². The summed E-state index contributed by atoms with van der Waals surface area (Å²) < 4.78 is 3.64. The number of hydrogen-bond acceptors (Lipinski definition) is 3. The summed E-state index contributed by atoms with van der Waals surface area (Å²) in [5, 5.41) is 0. The fourth-order valence-electron chi connectivity index (χ4n) is 3.81. The molecule has 0 spiro atoms. The predicted octanol–water partition coefficient (Wildman–Crippen LogP) is 4.10. The van der Waals surface area contributed by atoms with Gasteiger partial charge in [0.25, 0.3) is 0 Å². The third-order valence-corrected chi connectivity index (χ3v) is 5.76. The minimum atomic E-state index is -0.791. The lowest BCUT2D eigenvalue weighted by molar-refractivity contribution is 0.235. The first-order valence-electron chi connectivity index (χ1n) is 10.6. The van der Waals surface area contributed by atoms with Crippen LogP contribution in [-0.4, -0.2) is 13.7 Å². The van der Waals surface area contributed by atoms with Gasteiger partial charge in [0.15, 0.2) is 0 Å². The van der Waals surface area contributed by atoms with Gasteiger partial charge in [-0.25, -0.2) is 28.1 Å². The van der Waals surface area contributed by atoms with Gasteiger partial charge < -0.3 is 0 Å². The topological polar surface area (TPSA) is 66.0 Å². The van der Waals surface area contributed by atoms with Crippen LogP contribution < -0.4 is 17.1 Å². The molecule has 0 saturated heterocycles. The summed E-state index contributed by atoms with van der Waals surface area (Å²) in [5.41, 5.74) is -3.00. The molecule has 6 heteroatoms. The van der Waals surface area contributed by atoms with Crippen LogP contribution in [0.3, 0.4) is 0 Å². The van der Waals surface area contributed by atoms with Crippen LogP contribution in [0.25, 0.3) is 0 Å². The normalized spacial score (nSPS) is 15.3. The van der Waals surface area contributed by atoms with Gasteiger partial charge in [-0.3, -0.25) is 0 Å². The van der Waals surface area contributed by atoms with E-state index >= 15 is 0 Å². The molecular formula is C24H39N3O3. The Morgan fingerprint density at radius 2 is 1.40 bits per heavy atom. The molecule has 0 aromatic carbocycles. The van der Waals surface area contributed by atoms with E-state index in [9.17, 15) is 14.4 Å². The van der Waals surface area contributed by atoms with Crippen molar-refractivity contribution in [3.63, 3.8) is 0 Å². The average molecular weight is 418 g/mol. The molecule has 3 atom stereocenters. The van der Waals surface area contributed by atoms with Crippen molar-refractivity contribution in [2.75, 3.05) is 0 Å². The van der Waals surface area contributed by atoms with Crippen molar-refractivity contribution in [3.05, 3.63) is 69.4 Å². The second kappa shape index (κ2) is 9.63. The molecule has 0 aliphatic rings. The summed E-state index contributed by atoms with van der Waals surface area (Å²) >= 11 is 0. The van der Waals surface area contributed by atoms with Gasteiger partial charge in [0, 0.05) is 23.5 Å². The number of allylic oxidation sites excluding steroid dienone is 3. The highest BCUT2D eigenvalue weighted by Crippen LogP contribution is 2.23. The molecule has 1 aromatic rings. The van der Waals surface area contributed by atoms with Crippen LogP contribution in [0.4, 0.5) is 0 Å². The molecule has 6 nitrogen and oxygen atoms in total. The van der Waals surface area contributed by atoms with E-state index in [2.05, 4.69) is 19.7 Å². The zero-order valence-corrected chi connectivity index (χ0v) is 19.8. The Bertz CT molecular complexity index is 959. The monoisotopic (exact) mass is 417 g/mol. The van der Waals surface area contributed by atoms with E-state index in [1.807, 2.05) is 48.5 Å². The molecule has 0 aliphatic heterocycles. The van der Waals surface area contributed by atoms with Crippen molar-refractivity contribution in [1.82, 2.24) is 13.7 Å². The highest BCUT2D eigenvalue weighted by Gasteiger charge is 2.31. The summed E-state index contributed by atoms with van der Waals surface area (Å²) in [6.45, 7) is 24.9. The molecule has 0 amide bonds. The highest BCUT2D eigenvalue weighted by molar-refractivity contribution is 4.95. The summed E-state index contributed by atoms with van der Waals surface area (Å²) in [4.78, 5) is 40.2. The van der Waals surface area contributed by atoms with E-state index < -0.39 is 28.0 Å². The molecule has 0 bridgehead atoms. The van der Waals surface area contributed by atoms with Crippen LogP contribution in [0.1, 0.15) is 67.3 Å². The van der Waals surface area contributed by atoms with Gasteiger partial charge in [-0.1, -0.05) is 45.9 Å². The molecule has 0 aliphatic carbocycles. The van der Waals surface area contributed by atoms with Gasteiger partial charge >= 0.3 is 17.1 Å². The Kier molecular flexibility index (Phi) is 8.24. The SMILES string of the molecule is C=CC(C)CC(C)n1c(=O)n(CC(C)(C)C=C)c(=O)n(C(C)(C)CC(C)C=C)c1=O. The van der Waals surface area contributed by atoms with Gasteiger partial charge in [-0.15, -0.1) is 19.7 Å². The summed E-state index contributed by atoms with van der Waals surface area (Å²) in [5.74, 6) is 0.224.